The number of carbonyl (C=O) groups is 1. The van der Waals surface area contributed by atoms with Crippen LogP contribution in [0.5, 0.6) is 5.75 Å². The Morgan fingerprint density at radius 3 is 2.63 bits per heavy atom. The minimum absolute atomic E-state index is 0. The van der Waals surface area contributed by atoms with Gasteiger partial charge in [0.1, 0.15) is 17.2 Å². The maximum atomic E-state index is 13.6. The van der Waals surface area contributed by atoms with Crippen LogP contribution in [0.25, 0.3) is 11.1 Å². The third kappa shape index (κ3) is 7.00. The number of aromatic nitrogens is 1. The Labute approximate surface area is 245 Å². The number of alkyl halides is 2. The average Bonchev–Trinajstić information content (AvgIpc) is 3.90. The first-order chi connectivity index (χ1) is 19.6. The van der Waals surface area contributed by atoms with Crippen LogP contribution in [0.1, 0.15) is 75.4 Å². The molecule has 1 aromatic heterocycles. The predicted molar refractivity (Wildman–Crippen MR) is 160 cm³/mol. The molecule has 4 atom stereocenters. The number of methoxy groups -OCH3 is 1. The summed E-state index contributed by atoms with van der Waals surface area (Å²) in [6.45, 7) is 5.78. The molecule has 1 aliphatic heterocycles. The van der Waals surface area contributed by atoms with Crippen LogP contribution in [0.2, 0.25) is 0 Å². The number of amides is 1. The summed E-state index contributed by atoms with van der Waals surface area (Å²) in [4.78, 5) is 19.1. The van der Waals surface area contributed by atoms with Crippen LogP contribution < -0.4 is 15.5 Å². The molecule has 8 nitrogen and oxygen atoms in total. The Morgan fingerprint density at radius 2 is 2.00 bits per heavy atom. The lowest BCUT2D eigenvalue weighted by Crippen LogP contribution is -2.43. The molecule has 2 heterocycles. The van der Waals surface area contributed by atoms with Crippen LogP contribution in [-0.2, 0) is 0 Å². The summed E-state index contributed by atoms with van der Waals surface area (Å²) in [6, 6.07) is 6.61. The Bertz CT molecular complexity index is 1370. The SMILES string of the molecule is CC.COc1cnc(C(F)F)cc1-c1cc(C2CC2[C@](C)(O)N(C)C)ccc1C(=O)NC1=NNC(C#CC2CC2)S1.[HH]. The lowest BCUT2D eigenvalue weighted by molar-refractivity contribution is -0.0856. The zero-order valence-corrected chi connectivity index (χ0v) is 25.0. The lowest BCUT2D eigenvalue weighted by atomic mass is 9.93. The molecule has 41 heavy (non-hydrogen) atoms. The Hall–Kier alpha value is -3.20. The molecule has 0 radical (unpaired) electrons. The van der Waals surface area contributed by atoms with Gasteiger partial charge in [-0.1, -0.05) is 31.8 Å². The van der Waals surface area contributed by atoms with E-state index in [4.69, 9.17) is 4.74 Å². The molecule has 5 rings (SSSR count). The molecule has 2 aliphatic carbocycles. The number of pyridine rings is 1. The standard InChI is InChI=1S/C28H31F2N5O3S.C2H6.H2/c1-28(37,35(2)3)21-12-18(21)16-8-9-17(19(11-16)20-13-22(25(29)30)31-14-23(20)38-4)26(36)32-27-34-33-24(39-27)10-7-15-5-6-15;1-2;/h8-9,11,13-15,18,21,24-25,33,37H,5-6,12H2,1-4H3,(H,32,34,36);1-2H3;1H/t18?,21?,24?,28-;;/m0../s1. The van der Waals surface area contributed by atoms with Gasteiger partial charge in [0.25, 0.3) is 12.3 Å². The maximum absolute atomic E-state index is 13.6. The fourth-order valence-electron chi connectivity index (χ4n) is 4.65. The highest BCUT2D eigenvalue weighted by atomic mass is 32.2. The fourth-order valence-corrected chi connectivity index (χ4v) is 5.36. The molecule has 3 aliphatic rings. The second-order valence-corrected chi connectivity index (χ2v) is 11.5. The third-order valence-electron chi connectivity index (χ3n) is 7.47. The molecule has 2 saturated carbocycles. The number of hydrogen-bond acceptors (Lipinski definition) is 8. The van der Waals surface area contributed by atoms with Crippen LogP contribution in [0, 0.1) is 23.7 Å². The highest BCUT2D eigenvalue weighted by Crippen LogP contribution is 2.54. The molecule has 3 unspecified atom stereocenters. The van der Waals surface area contributed by atoms with Crippen molar-refractivity contribution in [3.63, 3.8) is 0 Å². The Morgan fingerprint density at radius 1 is 1.27 bits per heavy atom. The van der Waals surface area contributed by atoms with E-state index in [1.54, 1.807) is 17.9 Å². The van der Waals surface area contributed by atoms with Crippen molar-refractivity contribution >= 4 is 22.8 Å². The number of halogens is 2. The highest BCUT2D eigenvalue weighted by Gasteiger charge is 2.51. The van der Waals surface area contributed by atoms with Crippen molar-refractivity contribution in [2.75, 3.05) is 21.2 Å². The molecule has 2 aromatic rings. The highest BCUT2D eigenvalue weighted by molar-refractivity contribution is 8.14. The zero-order valence-electron chi connectivity index (χ0n) is 24.2. The van der Waals surface area contributed by atoms with E-state index >= 15 is 0 Å². The van der Waals surface area contributed by atoms with Gasteiger partial charge < -0.3 is 9.84 Å². The minimum Gasteiger partial charge on any atom is -0.494 e. The van der Waals surface area contributed by atoms with E-state index < -0.39 is 23.8 Å². The summed E-state index contributed by atoms with van der Waals surface area (Å²) in [6.07, 6.45) is 1.45. The van der Waals surface area contributed by atoms with Gasteiger partial charge in [-0.15, -0.1) is 0 Å². The first kappa shape index (κ1) is 30.8. The number of hydrogen-bond donors (Lipinski definition) is 3. The smallest absolute Gasteiger partial charge is 0.280 e. The van der Waals surface area contributed by atoms with Crippen molar-refractivity contribution in [2.24, 2.45) is 16.9 Å². The summed E-state index contributed by atoms with van der Waals surface area (Å²) in [5.41, 5.74) is 3.42. The lowest BCUT2D eigenvalue weighted by Gasteiger charge is -2.31. The van der Waals surface area contributed by atoms with E-state index in [0.717, 1.165) is 24.8 Å². The zero-order chi connectivity index (χ0) is 29.9. The van der Waals surface area contributed by atoms with Gasteiger partial charge in [-0.25, -0.2) is 8.78 Å². The van der Waals surface area contributed by atoms with Crippen molar-refractivity contribution in [1.29, 1.82) is 0 Å². The third-order valence-corrected chi connectivity index (χ3v) is 8.34. The van der Waals surface area contributed by atoms with Crippen LogP contribution >= 0.6 is 11.8 Å². The number of nitrogens with one attached hydrogen (secondary N) is 2. The van der Waals surface area contributed by atoms with Gasteiger partial charge in [-0.2, -0.15) is 5.10 Å². The number of thioether (sulfide) groups is 1. The van der Waals surface area contributed by atoms with Crippen molar-refractivity contribution in [1.82, 2.24) is 20.6 Å². The van der Waals surface area contributed by atoms with E-state index in [1.807, 2.05) is 40.1 Å². The topological polar surface area (TPSA) is 99.1 Å². The number of aliphatic hydroxyl groups is 1. The van der Waals surface area contributed by atoms with Gasteiger partial charge in [0.15, 0.2) is 10.5 Å². The number of hydrazone groups is 1. The van der Waals surface area contributed by atoms with Crippen LogP contribution in [-0.4, -0.2) is 58.4 Å². The van der Waals surface area contributed by atoms with Crippen molar-refractivity contribution in [3.05, 3.63) is 47.3 Å². The summed E-state index contributed by atoms with van der Waals surface area (Å²) < 4.78 is 32.7. The molecule has 0 spiro atoms. The number of ether oxygens (including phenoxy) is 1. The quantitative estimate of drug-likeness (QED) is 0.294. The summed E-state index contributed by atoms with van der Waals surface area (Å²) in [7, 11) is 5.07. The summed E-state index contributed by atoms with van der Waals surface area (Å²) in [5.74, 6) is 6.62. The molecule has 11 heteroatoms. The normalized spacial score (nSPS) is 22.4. The number of benzene rings is 1. The van der Waals surface area contributed by atoms with Crippen molar-refractivity contribution < 1.29 is 24.8 Å². The monoisotopic (exact) mass is 587 g/mol. The molecule has 1 amide bonds. The first-order valence-electron chi connectivity index (χ1n) is 13.8. The minimum atomic E-state index is -2.79. The van der Waals surface area contributed by atoms with E-state index in [-0.39, 0.29) is 29.9 Å². The van der Waals surface area contributed by atoms with Gasteiger partial charge in [-0.05, 0) is 87.3 Å². The van der Waals surface area contributed by atoms with Gasteiger partial charge >= 0.3 is 0 Å². The molecular formula is C30H39F2N5O3S. The van der Waals surface area contributed by atoms with Crippen LogP contribution in [0.15, 0.2) is 35.6 Å². The van der Waals surface area contributed by atoms with Crippen LogP contribution in [0.4, 0.5) is 8.78 Å². The van der Waals surface area contributed by atoms with E-state index in [9.17, 15) is 18.7 Å². The molecule has 222 valence electrons. The van der Waals surface area contributed by atoms with Crippen LogP contribution in [0.3, 0.4) is 0 Å². The molecule has 0 bridgehead atoms. The number of nitrogens with zero attached hydrogens (tertiary/aromatic N) is 3. The van der Waals surface area contributed by atoms with Gasteiger partial charge in [0.2, 0.25) is 0 Å². The second-order valence-electron chi connectivity index (χ2n) is 10.4. The molecule has 0 saturated heterocycles. The second kappa shape index (κ2) is 12.8. The first-order valence-corrected chi connectivity index (χ1v) is 14.6. The average molecular weight is 588 g/mol. The van der Waals surface area contributed by atoms with E-state index in [1.165, 1.54) is 31.1 Å². The predicted octanol–water partition coefficient (Wildman–Crippen LogP) is 5.42. The van der Waals surface area contributed by atoms with Gasteiger partial charge in [0, 0.05) is 24.4 Å². The largest absolute Gasteiger partial charge is 0.494 e. The van der Waals surface area contributed by atoms with Gasteiger partial charge in [0.05, 0.1) is 13.3 Å². The number of amidine groups is 1. The van der Waals surface area contributed by atoms with Crippen molar-refractivity contribution in [3.8, 4) is 28.7 Å². The molecule has 2 fully saturated rings. The summed E-state index contributed by atoms with van der Waals surface area (Å²) >= 11 is 1.31. The van der Waals surface area contributed by atoms with E-state index in [0.29, 0.717) is 22.2 Å². The van der Waals surface area contributed by atoms with E-state index in [2.05, 4.69) is 32.7 Å². The Balaban J connectivity index is 0.00000158. The fraction of sp³-hybridized carbons (Fsp3) is 0.500. The Kier molecular flexibility index (Phi) is 9.57. The molecule has 3 N–H and O–H groups in total. The maximum Gasteiger partial charge on any atom is 0.280 e. The van der Waals surface area contributed by atoms with Crippen molar-refractivity contribution in [2.45, 2.75) is 63.5 Å². The molecule has 1 aromatic carbocycles. The molecular weight excluding hydrogens is 548 g/mol. The summed E-state index contributed by atoms with van der Waals surface area (Å²) in [5, 5.41) is 18.1. The van der Waals surface area contributed by atoms with Gasteiger partial charge in [-0.3, -0.25) is 25.4 Å². The number of rotatable bonds is 7. The number of carbonyl (C=O) groups excluding carboxylic acids is 1.